The van der Waals surface area contributed by atoms with Crippen molar-refractivity contribution >= 4 is 34.1 Å². The van der Waals surface area contributed by atoms with Gasteiger partial charge in [0.2, 0.25) is 0 Å². The summed E-state index contributed by atoms with van der Waals surface area (Å²) in [7, 11) is 0. The fraction of sp³-hybridized carbons (Fsp3) is 0.412. The Balaban J connectivity index is 1.68. The summed E-state index contributed by atoms with van der Waals surface area (Å²) >= 11 is 1.36. The summed E-state index contributed by atoms with van der Waals surface area (Å²) in [6.07, 6.45) is 3.69. The Labute approximate surface area is 153 Å². The van der Waals surface area contributed by atoms with Crippen LogP contribution in [0.2, 0.25) is 0 Å². The van der Waals surface area contributed by atoms with Crippen LogP contribution in [0, 0.1) is 13.8 Å². The van der Waals surface area contributed by atoms with Crippen molar-refractivity contribution in [1.29, 1.82) is 0 Å². The number of carbonyl (C=O) groups excluding carboxylic acids is 3. The summed E-state index contributed by atoms with van der Waals surface area (Å²) < 4.78 is 9.93. The van der Waals surface area contributed by atoms with Gasteiger partial charge in [0.15, 0.2) is 6.61 Å². The Kier molecular flexibility index (Phi) is 5.08. The average molecular weight is 377 g/mol. The Bertz CT molecular complexity index is 864. The monoisotopic (exact) mass is 377 g/mol. The smallest absolute Gasteiger partial charge is 0.344 e. The molecule has 0 saturated heterocycles. The molecule has 0 aliphatic heterocycles. The van der Waals surface area contributed by atoms with Crippen molar-refractivity contribution < 1.29 is 23.6 Å². The maximum absolute atomic E-state index is 12.2. The molecule has 3 N–H and O–H groups in total. The second-order valence-electron chi connectivity index (χ2n) is 6.10. The number of amides is 2. The lowest BCUT2D eigenvalue weighted by Crippen LogP contribution is -2.23. The normalized spacial score (nSPS) is 13.2. The van der Waals surface area contributed by atoms with Crippen LogP contribution >= 0.6 is 11.3 Å². The van der Waals surface area contributed by atoms with Gasteiger partial charge in [-0.15, -0.1) is 11.3 Å². The topological polar surface area (TPSA) is 125 Å². The molecule has 2 amide bonds. The maximum Gasteiger partial charge on any atom is 0.344 e. The van der Waals surface area contributed by atoms with Gasteiger partial charge in [0.05, 0.1) is 11.3 Å². The second kappa shape index (κ2) is 7.28. The number of nitrogens with zero attached hydrogens (tertiary/aromatic N) is 1. The van der Waals surface area contributed by atoms with Crippen LogP contribution in [0.4, 0.5) is 5.00 Å². The number of aromatic nitrogens is 1. The van der Waals surface area contributed by atoms with E-state index in [1.807, 2.05) is 0 Å². The van der Waals surface area contributed by atoms with Gasteiger partial charge in [-0.2, -0.15) is 0 Å². The first kappa shape index (κ1) is 18.1. The number of fused-ring (bicyclic) bond motifs is 1. The summed E-state index contributed by atoms with van der Waals surface area (Å²) in [6, 6.07) is 0. The van der Waals surface area contributed by atoms with Crippen molar-refractivity contribution in [1.82, 2.24) is 5.16 Å². The molecule has 138 valence electrons. The third-order valence-corrected chi connectivity index (χ3v) is 5.45. The molecule has 9 heteroatoms. The number of carbonyl (C=O) groups is 3. The number of aryl methyl sites for hydroxylation is 3. The van der Waals surface area contributed by atoms with Crippen molar-refractivity contribution in [2.75, 3.05) is 11.9 Å². The van der Waals surface area contributed by atoms with Gasteiger partial charge in [0, 0.05) is 4.88 Å². The lowest BCUT2D eigenvalue weighted by atomic mass is 9.95. The summed E-state index contributed by atoms with van der Waals surface area (Å²) in [6.45, 7) is 2.72. The van der Waals surface area contributed by atoms with Crippen molar-refractivity contribution in [3.05, 3.63) is 33.0 Å². The quantitative estimate of drug-likeness (QED) is 0.769. The molecule has 8 nitrogen and oxygen atoms in total. The highest BCUT2D eigenvalue weighted by Gasteiger charge is 2.25. The summed E-state index contributed by atoms with van der Waals surface area (Å²) in [5, 5.41) is 6.73. The Morgan fingerprint density at radius 2 is 1.96 bits per heavy atom. The van der Waals surface area contributed by atoms with Crippen LogP contribution in [0.3, 0.4) is 0 Å². The van der Waals surface area contributed by atoms with Crippen LogP contribution in [-0.4, -0.2) is 29.5 Å². The SMILES string of the molecule is Cc1noc(C)c1C(=O)OCC(=O)Nc1sc2c(c1C(N)=O)CCCC2. The van der Waals surface area contributed by atoms with Crippen LogP contribution < -0.4 is 11.1 Å². The van der Waals surface area contributed by atoms with Gasteiger partial charge < -0.3 is 20.3 Å². The van der Waals surface area contributed by atoms with Crippen LogP contribution in [-0.2, 0) is 22.4 Å². The third kappa shape index (κ3) is 3.48. The number of nitrogens with one attached hydrogen (secondary N) is 1. The van der Waals surface area contributed by atoms with E-state index < -0.39 is 24.4 Å². The number of thiophene rings is 1. The Morgan fingerprint density at radius 3 is 2.62 bits per heavy atom. The lowest BCUT2D eigenvalue weighted by molar-refractivity contribution is -0.119. The minimum Gasteiger partial charge on any atom is -0.452 e. The van der Waals surface area contributed by atoms with E-state index in [0.29, 0.717) is 22.0 Å². The van der Waals surface area contributed by atoms with E-state index in [9.17, 15) is 14.4 Å². The molecule has 2 heterocycles. The first-order valence-corrected chi connectivity index (χ1v) is 9.04. The fourth-order valence-corrected chi connectivity index (χ4v) is 4.37. The van der Waals surface area contributed by atoms with Crippen LogP contribution in [0.1, 0.15) is 55.5 Å². The van der Waals surface area contributed by atoms with Crippen molar-refractivity contribution in [3.8, 4) is 0 Å². The molecular weight excluding hydrogens is 358 g/mol. The minimum atomic E-state index is -0.683. The van der Waals surface area contributed by atoms with Gasteiger partial charge in [-0.3, -0.25) is 9.59 Å². The van der Waals surface area contributed by atoms with E-state index in [1.165, 1.54) is 11.3 Å². The van der Waals surface area contributed by atoms with Gasteiger partial charge in [-0.25, -0.2) is 4.79 Å². The van der Waals surface area contributed by atoms with Crippen LogP contribution in [0.25, 0.3) is 0 Å². The first-order valence-electron chi connectivity index (χ1n) is 8.22. The van der Waals surface area contributed by atoms with Crippen molar-refractivity contribution in [2.45, 2.75) is 39.5 Å². The molecule has 26 heavy (non-hydrogen) atoms. The largest absolute Gasteiger partial charge is 0.452 e. The molecule has 2 aromatic heterocycles. The van der Waals surface area contributed by atoms with Gasteiger partial charge >= 0.3 is 5.97 Å². The summed E-state index contributed by atoms with van der Waals surface area (Å²) in [4.78, 5) is 37.1. The van der Waals surface area contributed by atoms with E-state index in [1.54, 1.807) is 13.8 Å². The predicted molar refractivity (Wildman–Crippen MR) is 94.4 cm³/mol. The maximum atomic E-state index is 12.2. The molecule has 0 spiro atoms. The molecule has 0 aromatic carbocycles. The number of primary amides is 1. The van der Waals surface area contributed by atoms with Gasteiger partial charge in [-0.1, -0.05) is 5.16 Å². The number of rotatable bonds is 5. The number of nitrogens with two attached hydrogens (primary N) is 1. The van der Waals surface area contributed by atoms with Crippen LogP contribution in [0.5, 0.6) is 0 Å². The molecule has 0 fully saturated rings. The summed E-state index contributed by atoms with van der Waals surface area (Å²) in [5.41, 5.74) is 7.40. The molecule has 0 radical (unpaired) electrons. The van der Waals surface area contributed by atoms with Gasteiger partial charge in [-0.05, 0) is 45.1 Å². The molecule has 0 atom stereocenters. The Hall–Kier alpha value is -2.68. The first-order chi connectivity index (χ1) is 12.4. The number of hydrogen-bond acceptors (Lipinski definition) is 7. The molecular formula is C17H19N3O5S. The van der Waals surface area contributed by atoms with Gasteiger partial charge in [0.25, 0.3) is 11.8 Å². The fourth-order valence-electron chi connectivity index (χ4n) is 3.05. The highest BCUT2D eigenvalue weighted by molar-refractivity contribution is 7.17. The van der Waals surface area contributed by atoms with E-state index in [2.05, 4.69) is 10.5 Å². The van der Waals surface area contributed by atoms with E-state index >= 15 is 0 Å². The number of hydrogen-bond donors (Lipinski definition) is 2. The molecule has 2 aromatic rings. The zero-order chi connectivity index (χ0) is 18.8. The zero-order valence-electron chi connectivity index (χ0n) is 14.5. The van der Waals surface area contributed by atoms with E-state index in [4.69, 9.17) is 15.0 Å². The zero-order valence-corrected chi connectivity index (χ0v) is 15.3. The summed E-state index contributed by atoms with van der Waals surface area (Å²) in [5.74, 6) is -1.45. The van der Waals surface area contributed by atoms with Crippen molar-refractivity contribution in [3.63, 3.8) is 0 Å². The minimum absolute atomic E-state index is 0.210. The molecule has 0 bridgehead atoms. The Morgan fingerprint density at radius 1 is 1.23 bits per heavy atom. The highest BCUT2D eigenvalue weighted by atomic mass is 32.1. The second-order valence-corrected chi connectivity index (χ2v) is 7.21. The molecule has 1 aliphatic carbocycles. The molecule has 0 saturated carbocycles. The van der Waals surface area contributed by atoms with E-state index in [0.717, 1.165) is 36.1 Å². The third-order valence-electron chi connectivity index (χ3n) is 4.24. The van der Waals surface area contributed by atoms with E-state index in [-0.39, 0.29) is 5.56 Å². The lowest BCUT2D eigenvalue weighted by Gasteiger charge is -2.11. The molecule has 3 rings (SSSR count). The highest BCUT2D eigenvalue weighted by Crippen LogP contribution is 2.37. The standard InChI is InChI=1S/C17H19N3O5S/c1-8-13(9(2)25-20-8)17(23)24-7-12(21)19-16-14(15(18)22)10-5-3-4-6-11(10)26-16/h3-7H2,1-2H3,(H2,18,22)(H,19,21). The predicted octanol–water partition coefficient (Wildman–Crippen LogP) is 2.13. The van der Waals surface area contributed by atoms with Crippen molar-refractivity contribution in [2.24, 2.45) is 5.73 Å². The number of anilines is 1. The van der Waals surface area contributed by atoms with Gasteiger partial charge in [0.1, 0.15) is 16.3 Å². The average Bonchev–Trinajstić information content (AvgIpc) is 3.12. The number of ether oxygens (including phenoxy) is 1. The number of esters is 1. The van der Waals surface area contributed by atoms with Crippen LogP contribution in [0.15, 0.2) is 4.52 Å². The molecule has 1 aliphatic rings. The molecule has 0 unspecified atom stereocenters.